The van der Waals surface area contributed by atoms with Crippen molar-refractivity contribution >= 4 is 29.1 Å². The van der Waals surface area contributed by atoms with Gasteiger partial charge >= 0.3 is 0 Å². The van der Waals surface area contributed by atoms with Gasteiger partial charge in [-0.1, -0.05) is 28.4 Å². The molecule has 0 saturated carbocycles. The first-order valence-corrected chi connectivity index (χ1v) is 5.69. The van der Waals surface area contributed by atoms with Crippen LogP contribution in [0.5, 0.6) is 5.75 Å². The minimum absolute atomic E-state index is 0.297. The van der Waals surface area contributed by atoms with Crippen LogP contribution in [0.15, 0.2) is 28.8 Å². The monoisotopic (exact) mass is 272 g/mol. The standard InChI is InChI=1S/C11H10Cl2N2O2/c12-7-3-8(13)5-10(4-7)16-2-1-9-6-11(14)17-15-9/h3-6H,1-2,14H2. The minimum atomic E-state index is 0.297. The quantitative estimate of drug-likeness (QED) is 0.929. The molecule has 6 heteroatoms. The Morgan fingerprint density at radius 1 is 1.18 bits per heavy atom. The summed E-state index contributed by atoms with van der Waals surface area (Å²) in [6, 6.07) is 6.71. The molecule has 90 valence electrons. The van der Waals surface area contributed by atoms with Gasteiger partial charge in [-0.2, -0.15) is 0 Å². The molecule has 0 aliphatic rings. The second-order valence-corrected chi connectivity index (χ2v) is 4.30. The molecular weight excluding hydrogens is 263 g/mol. The number of nitrogens with two attached hydrogens (primary N) is 1. The number of anilines is 1. The van der Waals surface area contributed by atoms with Crippen LogP contribution in [0.4, 0.5) is 5.88 Å². The zero-order valence-corrected chi connectivity index (χ0v) is 10.3. The third kappa shape index (κ3) is 3.54. The number of halogens is 2. The van der Waals surface area contributed by atoms with E-state index in [2.05, 4.69) is 5.16 Å². The SMILES string of the molecule is Nc1cc(CCOc2cc(Cl)cc(Cl)c2)no1. The summed E-state index contributed by atoms with van der Waals surface area (Å²) in [6.07, 6.45) is 0.602. The van der Waals surface area contributed by atoms with Gasteiger partial charge in [0.25, 0.3) is 0 Å². The van der Waals surface area contributed by atoms with Gasteiger partial charge in [0.15, 0.2) is 0 Å². The minimum Gasteiger partial charge on any atom is -0.493 e. The first-order valence-electron chi connectivity index (χ1n) is 4.93. The summed E-state index contributed by atoms with van der Waals surface area (Å²) in [5.74, 6) is 0.921. The van der Waals surface area contributed by atoms with E-state index in [1.54, 1.807) is 24.3 Å². The van der Waals surface area contributed by atoms with Crippen molar-refractivity contribution in [3.63, 3.8) is 0 Å². The van der Waals surface area contributed by atoms with Gasteiger partial charge in [-0.25, -0.2) is 0 Å². The predicted molar refractivity (Wildman–Crippen MR) is 66.6 cm³/mol. The summed E-state index contributed by atoms with van der Waals surface area (Å²) in [6.45, 7) is 0.447. The second kappa shape index (κ2) is 5.29. The smallest absolute Gasteiger partial charge is 0.222 e. The topological polar surface area (TPSA) is 61.3 Å². The van der Waals surface area contributed by atoms with Crippen molar-refractivity contribution in [3.05, 3.63) is 40.0 Å². The number of nitrogen functional groups attached to an aromatic ring is 1. The lowest BCUT2D eigenvalue weighted by atomic mass is 10.3. The van der Waals surface area contributed by atoms with Crippen LogP contribution >= 0.6 is 23.2 Å². The number of aromatic nitrogens is 1. The molecule has 0 spiro atoms. The summed E-state index contributed by atoms with van der Waals surface area (Å²) < 4.78 is 10.2. The molecule has 0 unspecified atom stereocenters. The van der Waals surface area contributed by atoms with Gasteiger partial charge in [-0.05, 0) is 18.2 Å². The van der Waals surface area contributed by atoms with E-state index in [0.29, 0.717) is 34.7 Å². The normalized spacial score (nSPS) is 10.5. The van der Waals surface area contributed by atoms with E-state index >= 15 is 0 Å². The van der Waals surface area contributed by atoms with Crippen LogP contribution in [-0.4, -0.2) is 11.8 Å². The molecule has 4 nitrogen and oxygen atoms in total. The maximum absolute atomic E-state index is 5.84. The average Bonchev–Trinajstić information content (AvgIpc) is 2.63. The Bertz CT molecular complexity index is 494. The molecule has 1 heterocycles. The molecule has 1 aromatic carbocycles. The predicted octanol–water partition coefficient (Wildman–Crippen LogP) is 3.19. The van der Waals surface area contributed by atoms with Gasteiger partial charge < -0.3 is 15.0 Å². The molecule has 0 atom stereocenters. The fourth-order valence-corrected chi connectivity index (χ4v) is 1.84. The average molecular weight is 273 g/mol. The van der Waals surface area contributed by atoms with Crippen LogP contribution in [0.1, 0.15) is 5.69 Å². The van der Waals surface area contributed by atoms with Crippen molar-refractivity contribution in [3.8, 4) is 5.75 Å². The highest BCUT2D eigenvalue weighted by molar-refractivity contribution is 6.34. The summed E-state index contributed by atoms with van der Waals surface area (Å²) in [4.78, 5) is 0. The third-order valence-electron chi connectivity index (χ3n) is 2.04. The fraction of sp³-hybridized carbons (Fsp3) is 0.182. The Hall–Kier alpha value is -1.39. The maximum atomic E-state index is 5.84. The second-order valence-electron chi connectivity index (χ2n) is 3.42. The van der Waals surface area contributed by atoms with E-state index in [1.807, 2.05) is 0 Å². The molecular formula is C11H10Cl2N2O2. The lowest BCUT2D eigenvalue weighted by Gasteiger charge is -2.05. The molecule has 0 amide bonds. The molecule has 0 aliphatic carbocycles. The molecule has 0 radical (unpaired) electrons. The molecule has 0 bridgehead atoms. The van der Waals surface area contributed by atoms with Crippen molar-refractivity contribution in [1.82, 2.24) is 5.16 Å². The van der Waals surface area contributed by atoms with E-state index < -0.39 is 0 Å². The van der Waals surface area contributed by atoms with Gasteiger partial charge in [0.2, 0.25) is 5.88 Å². The van der Waals surface area contributed by atoms with Crippen LogP contribution in [0.2, 0.25) is 10.0 Å². The molecule has 17 heavy (non-hydrogen) atoms. The van der Waals surface area contributed by atoms with Gasteiger partial charge in [-0.15, -0.1) is 0 Å². The number of hydrogen-bond acceptors (Lipinski definition) is 4. The molecule has 0 fully saturated rings. The number of hydrogen-bond donors (Lipinski definition) is 1. The van der Waals surface area contributed by atoms with Crippen LogP contribution in [0.3, 0.4) is 0 Å². The van der Waals surface area contributed by atoms with Crippen molar-refractivity contribution in [2.24, 2.45) is 0 Å². The Kier molecular flexibility index (Phi) is 3.76. The molecule has 0 aliphatic heterocycles. The van der Waals surface area contributed by atoms with Gasteiger partial charge in [-0.3, -0.25) is 0 Å². The summed E-state index contributed by atoms with van der Waals surface area (Å²) in [5.41, 5.74) is 6.14. The Balaban J connectivity index is 1.89. The van der Waals surface area contributed by atoms with Crippen molar-refractivity contribution in [2.45, 2.75) is 6.42 Å². The number of nitrogens with zero attached hydrogens (tertiary/aromatic N) is 1. The molecule has 2 rings (SSSR count). The zero-order chi connectivity index (χ0) is 12.3. The van der Waals surface area contributed by atoms with Gasteiger partial charge in [0.1, 0.15) is 5.75 Å². The van der Waals surface area contributed by atoms with Crippen molar-refractivity contribution < 1.29 is 9.26 Å². The summed E-state index contributed by atoms with van der Waals surface area (Å²) in [5, 5.41) is 4.83. The molecule has 1 aromatic heterocycles. The van der Waals surface area contributed by atoms with E-state index in [1.165, 1.54) is 0 Å². The highest BCUT2D eigenvalue weighted by atomic mass is 35.5. The number of benzene rings is 1. The molecule has 0 saturated heterocycles. The third-order valence-corrected chi connectivity index (χ3v) is 2.48. The molecule has 2 aromatic rings. The van der Waals surface area contributed by atoms with Gasteiger partial charge in [0.05, 0.1) is 12.3 Å². The highest BCUT2D eigenvalue weighted by Crippen LogP contribution is 2.24. The van der Waals surface area contributed by atoms with E-state index in [0.717, 1.165) is 5.69 Å². The Labute approximate surface area is 108 Å². The van der Waals surface area contributed by atoms with E-state index in [4.69, 9.17) is 38.2 Å². The van der Waals surface area contributed by atoms with Crippen LogP contribution in [-0.2, 0) is 6.42 Å². The summed E-state index contributed by atoms with van der Waals surface area (Å²) in [7, 11) is 0. The van der Waals surface area contributed by atoms with Crippen molar-refractivity contribution in [2.75, 3.05) is 12.3 Å². The van der Waals surface area contributed by atoms with Crippen LogP contribution in [0, 0.1) is 0 Å². The Morgan fingerprint density at radius 2 is 1.88 bits per heavy atom. The van der Waals surface area contributed by atoms with Crippen LogP contribution < -0.4 is 10.5 Å². The lowest BCUT2D eigenvalue weighted by molar-refractivity contribution is 0.316. The van der Waals surface area contributed by atoms with Crippen LogP contribution in [0.25, 0.3) is 0 Å². The number of ether oxygens (including phenoxy) is 1. The first kappa shape index (κ1) is 12.1. The maximum Gasteiger partial charge on any atom is 0.222 e. The zero-order valence-electron chi connectivity index (χ0n) is 8.82. The number of rotatable bonds is 4. The highest BCUT2D eigenvalue weighted by Gasteiger charge is 2.02. The largest absolute Gasteiger partial charge is 0.493 e. The molecule has 2 N–H and O–H groups in total. The van der Waals surface area contributed by atoms with E-state index in [9.17, 15) is 0 Å². The fourth-order valence-electron chi connectivity index (χ4n) is 1.33. The Morgan fingerprint density at radius 3 is 2.47 bits per heavy atom. The van der Waals surface area contributed by atoms with E-state index in [-0.39, 0.29) is 0 Å². The summed E-state index contributed by atoms with van der Waals surface area (Å²) >= 11 is 11.7. The first-order chi connectivity index (χ1) is 8.13. The van der Waals surface area contributed by atoms with Gasteiger partial charge in [0, 0.05) is 22.5 Å². The lowest BCUT2D eigenvalue weighted by Crippen LogP contribution is -2.01. The van der Waals surface area contributed by atoms with Crippen molar-refractivity contribution in [1.29, 1.82) is 0 Å².